The van der Waals surface area contributed by atoms with E-state index in [0.717, 1.165) is 17.1 Å². The Labute approximate surface area is 389 Å². The number of para-hydroxylation sites is 2. The van der Waals surface area contributed by atoms with Crippen molar-refractivity contribution in [3.05, 3.63) is 277 Å². The van der Waals surface area contributed by atoms with Gasteiger partial charge in [0.25, 0.3) is 0 Å². The summed E-state index contributed by atoms with van der Waals surface area (Å²) in [7, 11) is 0. The fourth-order valence-corrected chi connectivity index (χ4v) is 11.7. The van der Waals surface area contributed by atoms with Crippen LogP contribution in [0.2, 0.25) is 0 Å². The van der Waals surface area contributed by atoms with E-state index in [4.69, 9.17) is 0 Å². The fraction of sp³-hybridized carbons (Fsp3) is 0.0154. The summed E-state index contributed by atoms with van der Waals surface area (Å²) in [5.74, 6) is 0. The molecule has 12 aromatic rings. The number of hydrogen-bond donors (Lipinski definition) is 0. The Morgan fingerprint density at radius 3 is 1.52 bits per heavy atom. The second-order valence-corrected chi connectivity index (χ2v) is 18.0. The first-order chi connectivity index (χ1) is 33.2. The maximum atomic E-state index is 2.47. The van der Waals surface area contributed by atoms with Crippen LogP contribution in [0.25, 0.3) is 82.8 Å². The Kier molecular flexibility index (Phi) is 8.23. The lowest BCUT2D eigenvalue weighted by molar-refractivity contribution is 0.793. The normalized spacial score (nSPS) is 12.9. The van der Waals surface area contributed by atoms with Gasteiger partial charge in [0.15, 0.2) is 0 Å². The molecular weight excluding hydrogens is 809 g/mol. The lowest BCUT2D eigenvalue weighted by atomic mass is 9.70. The number of fused-ring (bicyclic) bond motifs is 14. The van der Waals surface area contributed by atoms with Crippen LogP contribution in [0.15, 0.2) is 255 Å². The second kappa shape index (κ2) is 14.7. The summed E-state index contributed by atoms with van der Waals surface area (Å²) in [6.07, 6.45) is 0. The minimum atomic E-state index is -0.412. The zero-order chi connectivity index (χ0) is 44.1. The molecule has 67 heavy (non-hydrogen) atoms. The molecule has 2 aliphatic carbocycles. The van der Waals surface area contributed by atoms with E-state index in [1.165, 1.54) is 105 Å². The zero-order valence-electron chi connectivity index (χ0n) is 36.6. The average molecular weight is 851 g/mol. The first-order valence-electron chi connectivity index (χ1n) is 23.3. The summed E-state index contributed by atoms with van der Waals surface area (Å²) in [5, 5.41) is 4.99. The van der Waals surface area contributed by atoms with Crippen LogP contribution in [0, 0.1) is 0 Å². The van der Waals surface area contributed by atoms with Crippen LogP contribution >= 0.6 is 0 Å². The molecule has 0 saturated carbocycles. The van der Waals surface area contributed by atoms with Gasteiger partial charge in [-0.1, -0.05) is 188 Å². The van der Waals surface area contributed by atoms with Crippen LogP contribution < -0.4 is 4.90 Å². The summed E-state index contributed by atoms with van der Waals surface area (Å²) < 4.78 is 2.43. The molecule has 0 N–H and O–H groups in total. The van der Waals surface area contributed by atoms with E-state index in [1.807, 2.05) is 0 Å². The predicted molar refractivity (Wildman–Crippen MR) is 280 cm³/mol. The number of rotatable bonds is 6. The van der Waals surface area contributed by atoms with Crippen molar-refractivity contribution in [1.29, 1.82) is 0 Å². The molecule has 2 aliphatic rings. The molecule has 0 saturated heterocycles. The quantitative estimate of drug-likeness (QED) is 0.162. The van der Waals surface area contributed by atoms with Gasteiger partial charge in [-0.15, -0.1) is 0 Å². The van der Waals surface area contributed by atoms with Crippen LogP contribution in [-0.4, -0.2) is 4.57 Å². The zero-order valence-corrected chi connectivity index (χ0v) is 36.6. The smallest absolute Gasteiger partial charge is 0.0726 e. The van der Waals surface area contributed by atoms with Crippen molar-refractivity contribution in [3.8, 4) is 50.2 Å². The third-order valence-electron chi connectivity index (χ3n) is 14.6. The molecule has 0 amide bonds. The molecule has 0 atom stereocenters. The molecule has 2 heteroatoms. The SMILES string of the molecule is c1ccc(N(c2ccc(-c3cccc(-c4ccc5c(c4)c4ccccc4n5-c4cccc5ccccc45)c3)cc2)c2ccc3c(c2)C2(c4ccccc4-c4ccccc42)c2ccccc2-3)cc1. The Bertz CT molecular complexity index is 3860. The number of aromatic nitrogens is 1. The van der Waals surface area contributed by atoms with Gasteiger partial charge in [-0.3, -0.25) is 0 Å². The van der Waals surface area contributed by atoms with Crippen molar-refractivity contribution in [1.82, 2.24) is 4.57 Å². The maximum Gasteiger partial charge on any atom is 0.0726 e. The Balaban J connectivity index is 0.856. The molecule has 1 spiro atoms. The molecule has 1 heterocycles. The van der Waals surface area contributed by atoms with E-state index in [9.17, 15) is 0 Å². The van der Waals surface area contributed by atoms with Crippen LogP contribution in [0.4, 0.5) is 17.1 Å². The molecule has 0 unspecified atom stereocenters. The molecule has 14 rings (SSSR count). The summed E-state index contributed by atoms with van der Waals surface area (Å²) in [6.45, 7) is 0. The highest BCUT2D eigenvalue weighted by Gasteiger charge is 2.51. The Hall–Kier alpha value is -8.72. The van der Waals surface area contributed by atoms with E-state index in [1.54, 1.807) is 0 Å². The molecule has 11 aromatic carbocycles. The first-order valence-corrected chi connectivity index (χ1v) is 23.3. The van der Waals surface area contributed by atoms with E-state index in [0.29, 0.717) is 0 Å². The van der Waals surface area contributed by atoms with Crippen molar-refractivity contribution in [3.63, 3.8) is 0 Å². The summed E-state index contributed by atoms with van der Waals surface area (Å²) in [6, 6.07) is 94.2. The molecule has 2 nitrogen and oxygen atoms in total. The lowest BCUT2D eigenvalue weighted by Gasteiger charge is -2.32. The topological polar surface area (TPSA) is 8.17 Å². The average Bonchev–Trinajstić information content (AvgIpc) is 4.00. The monoisotopic (exact) mass is 850 g/mol. The third-order valence-corrected chi connectivity index (χ3v) is 14.6. The van der Waals surface area contributed by atoms with Crippen molar-refractivity contribution < 1.29 is 0 Å². The minimum Gasteiger partial charge on any atom is -0.310 e. The van der Waals surface area contributed by atoms with Gasteiger partial charge in [0.1, 0.15) is 0 Å². The number of benzene rings is 11. The lowest BCUT2D eigenvalue weighted by Crippen LogP contribution is -2.26. The van der Waals surface area contributed by atoms with Crippen LogP contribution in [0.1, 0.15) is 22.3 Å². The van der Waals surface area contributed by atoms with Gasteiger partial charge >= 0.3 is 0 Å². The van der Waals surface area contributed by atoms with Gasteiger partial charge in [0.2, 0.25) is 0 Å². The van der Waals surface area contributed by atoms with Crippen LogP contribution in [0.3, 0.4) is 0 Å². The number of anilines is 3. The van der Waals surface area contributed by atoms with E-state index in [-0.39, 0.29) is 0 Å². The standard InChI is InChI=1S/C65H42N2/c1-2-20-48(21-3-1)66(50-37-38-55-54-25-8-12-29-60(54)65(61(55)42-50)58-27-10-6-23-52(58)53-24-7-11-28-59(53)65)49-35-32-43(33-36-49)45-18-14-19-46(40-45)47-34-39-64-57(41-47)56-26-9-13-30-63(56)67(64)62-31-15-17-44-16-4-5-22-51(44)62/h1-42H. The molecule has 1 aromatic heterocycles. The predicted octanol–water partition coefficient (Wildman–Crippen LogP) is 17.1. The Morgan fingerprint density at radius 1 is 0.284 bits per heavy atom. The molecule has 0 aliphatic heterocycles. The van der Waals surface area contributed by atoms with Crippen molar-refractivity contribution in [2.75, 3.05) is 4.90 Å². The van der Waals surface area contributed by atoms with Gasteiger partial charge in [-0.25, -0.2) is 0 Å². The second-order valence-electron chi connectivity index (χ2n) is 18.0. The highest BCUT2D eigenvalue weighted by atomic mass is 15.1. The first kappa shape index (κ1) is 37.6. The van der Waals surface area contributed by atoms with E-state index in [2.05, 4.69) is 264 Å². The minimum absolute atomic E-state index is 0.412. The molecule has 312 valence electrons. The van der Waals surface area contributed by atoms with Crippen molar-refractivity contribution in [2.24, 2.45) is 0 Å². The van der Waals surface area contributed by atoms with Crippen LogP contribution in [0.5, 0.6) is 0 Å². The molecule has 0 bridgehead atoms. The molecular formula is C65H42N2. The highest BCUT2D eigenvalue weighted by Crippen LogP contribution is 2.63. The van der Waals surface area contributed by atoms with Gasteiger partial charge in [-0.2, -0.15) is 0 Å². The summed E-state index contributed by atoms with van der Waals surface area (Å²) >= 11 is 0. The van der Waals surface area contributed by atoms with Gasteiger partial charge in [0.05, 0.1) is 22.1 Å². The van der Waals surface area contributed by atoms with Gasteiger partial charge in [0, 0.05) is 33.2 Å². The molecule has 0 radical (unpaired) electrons. The third kappa shape index (κ3) is 5.51. The van der Waals surface area contributed by atoms with E-state index >= 15 is 0 Å². The fourth-order valence-electron chi connectivity index (χ4n) is 11.7. The van der Waals surface area contributed by atoms with E-state index < -0.39 is 5.41 Å². The van der Waals surface area contributed by atoms with Crippen molar-refractivity contribution in [2.45, 2.75) is 5.41 Å². The van der Waals surface area contributed by atoms with Crippen molar-refractivity contribution >= 4 is 49.6 Å². The van der Waals surface area contributed by atoms with Crippen LogP contribution in [-0.2, 0) is 5.41 Å². The largest absolute Gasteiger partial charge is 0.310 e. The number of nitrogens with zero attached hydrogens (tertiary/aromatic N) is 2. The highest BCUT2D eigenvalue weighted by molar-refractivity contribution is 6.12. The number of hydrogen-bond acceptors (Lipinski definition) is 1. The van der Waals surface area contributed by atoms with Gasteiger partial charge < -0.3 is 9.47 Å². The Morgan fingerprint density at radius 2 is 0.791 bits per heavy atom. The van der Waals surface area contributed by atoms with Gasteiger partial charge in [-0.05, 0) is 139 Å². The molecule has 0 fully saturated rings. The summed E-state index contributed by atoms with van der Waals surface area (Å²) in [5.41, 5.74) is 21.9. The summed E-state index contributed by atoms with van der Waals surface area (Å²) in [4.78, 5) is 2.41. The maximum absolute atomic E-state index is 2.47.